The molecular weight excluding hydrogens is 298 g/mol. The number of benzene rings is 2. The minimum atomic E-state index is -0.525. The third-order valence-electron chi connectivity index (χ3n) is 3.95. The van der Waals surface area contributed by atoms with Crippen LogP contribution < -0.4 is 4.90 Å². The number of hydrogen-bond donors (Lipinski definition) is 0. The first-order valence-corrected chi connectivity index (χ1v) is 7.43. The summed E-state index contributed by atoms with van der Waals surface area (Å²) in [5.41, 5.74) is 1.46. The van der Waals surface area contributed by atoms with Gasteiger partial charge < -0.3 is 9.64 Å². The van der Waals surface area contributed by atoms with Gasteiger partial charge in [-0.05, 0) is 36.8 Å². The van der Waals surface area contributed by atoms with E-state index in [0.717, 1.165) is 5.56 Å². The molecule has 3 nitrogen and oxygen atoms in total. The molecule has 5 heteroatoms. The third-order valence-corrected chi connectivity index (χ3v) is 3.95. The normalized spacial score (nSPS) is 21.0. The number of rotatable bonds is 2. The van der Waals surface area contributed by atoms with Gasteiger partial charge in [0.25, 0.3) is 0 Å². The summed E-state index contributed by atoms with van der Waals surface area (Å²) in [4.78, 5) is 1.95. The number of morpholine rings is 1. The Morgan fingerprint density at radius 2 is 1.87 bits per heavy atom. The summed E-state index contributed by atoms with van der Waals surface area (Å²) in [6, 6.07) is 12.7. The van der Waals surface area contributed by atoms with E-state index in [9.17, 15) is 14.0 Å². The van der Waals surface area contributed by atoms with Crippen molar-refractivity contribution < 1.29 is 13.5 Å². The average molecular weight is 314 g/mol. The van der Waals surface area contributed by atoms with Crippen LogP contribution in [0.15, 0.2) is 42.5 Å². The van der Waals surface area contributed by atoms with Crippen molar-refractivity contribution in [2.75, 3.05) is 18.0 Å². The summed E-state index contributed by atoms with van der Waals surface area (Å²) < 4.78 is 32.9. The molecule has 0 spiro atoms. The van der Waals surface area contributed by atoms with E-state index >= 15 is 0 Å². The molecule has 0 aromatic heterocycles. The molecule has 0 amide bonds. The molecule has 1 aliphatic heterocycles. The molecule has 2 aromatic rings. The molecule has 2 unspecified atom stereocenters. The Balaban J connectivity index is 1.91. The van der Waals surface area contributed by atoms with E-state index in [1.165, 1.54) is 18.2 Å². The van der Waals surface area contributed by atoms with Crippen molar-refractivity contribution in [2.24, 2.45) is 0 Å². The molecule has 0 bridgehead atoms. The molecule has 1 heterocycles. The molecule has 2 aromatic carbocycles. The van der Waals surface area contributed by atoms with Crippen LogP contribution in [0.2, 0.25) is 0 Å². The number of ether oxygens (including phenoxy) is 1. The lowest BCUT2D eigenvalue weighted by Gasteiger charge is -2.38. The molecule has 1 saturated heterocycles. The van der Waals surface area contributed by atoms with Crippen molar-refractivity contribution in [1.29, 1.82) is 5.26 Å². The maximum atomic E-state index is 13.8. The first kappa shape index (κ1) is 15.4. The number of nitrogens with zero attached hydrogens (tertiary/aromatic N) is 2. The van der Waals surface area contributed by atoms with Crippen LogP contribution in [-0.2, 0) is 4.74 Å². The summed E-state index contributed by atoms with van der Waals surface area (Å²) in [6.45, 7) is 2.97. The van der Waals surface area contributed by atoms with Gasteiger partial charge in [-0.25, -0.2) is 8.78 Å². The second-order valence-corrected chi connectivity index (χ2v) is 5.64. The van der Waals surface area contributed by atoms with Crippen LogP contribution in [0.1, 0.15) is 24.2 Å². The molecule has 1 aliphatic rings. The van der Waals surface area contributed by atoms with Crippen molar-refractivity contribution >= 4 is 5.69 Å². The molecule has 0 radical (unpaired) electrons. The van der Waals surface area contributed by atoms with E-state index in [0.29, 0.717) is 18.8 Å². The standard InChI is InChI=1S/C18H16F2N2O/c1-12-10-22(17-4-2-3-16(20)15(17)9-21)11-18(23-12)13-5-7-14(19)8-6-13/h2-8,12,18H,10-11H2,1H3. The van der Waals surface area contributed by atoms with Crippen LogP contribution in [0, 0.1) is 23.0 Å². The third kappa shape index (κ3) is 3.17. The summed E-state index contributed by atoms with van der Waals surface area (Å²) in [5, 5.41) is 9.22. The summed E-state index contributed by atoms with van der Waals surface area (Å²) in [6.07, 6.45) is -0.345. The van der Waals surface area contributed by atoms with Crippen molar-refractivity contribution in [1.82, 2.24) is 0 Å². The molecule has 0 aliphatic carbocycles. The lowest BCUT2D eigenvalue weighted by atomic mass is 10.0. The fourth-order valence-corrected chi connectivity index (χ4v) is 2.90. The SMILES string of the molecule is CC1CN(c2cccc(F)c2C#N)CC(c2ccc(F)cc2)O1. The van der Waals surface area contributed by atoms with Gasteiger partial charge in [0, 0.05) is 13.1 Å². The highest BCUT2D eigenvalue weighted by molar-refractivity contribution is 5.60. The molecule has 0 N–H and O–H groups in total. The second kappa shape index (κ2) is 6.35. The van der Waals surface area contributed by atoms with Gasteiger partial charge in [-0.1, -0.05) is 18.2 Å². The second-order valence-electron chi connectivity index (χ2n) is 5.64. The number of hydrogen-bond acceptors (Lipinski definition) is 3. The van der Waals surface area contributed by atoms with E-state index in [1.807, 2.05) is 17.9 Å². The van der Waals surface area contributed by atoms with E-state index in [1.54, 1.807) is 24.3 Å². The highest BCUT2D eigenvalue weighted by atomic mass is 19.1. The van der Waals surface area contributed by atoms with Crippen LogP contribution in [0.5, 0.6) is 0 Å². The zero-order valence-corrected chi connectivity index (χ0v) is 12.7. The van der Waals surface area contributed by atoms with Crippen LogP contribution in [0.3, 0.4) is 0 Å². The molecule has 3 rings (SSSR count). The number of anilines is 1. The minimum absolute atomic E-state index is 0.0412. The van der Waals surface area contributed by atoms with Gasteiger partial charge >= 0.3 is 0 Å². The fraction of sp³-hybridized carbons (Fsp3) is 0.278. The molecular formula is C18H16F2N2O. The Kier molecular flexibility index (Phi) is 4.26. The van der Waals surface area contributed by atoms with Crippen LogP contribution in [0.25, 0.3) is 0 Å². The lowest BCUT2D eigenvalue weighted by molar-refractivity contribution is -0.0174. The minimum Gasteiger partial charge on any atom is -0.367 e. The summed E-state index contributed by atoms with van der Waals surface area (Å²) >= 11 is 0. The van der Waals surface area contributed by atoms with Gasteiger partial charge in [-0.2, -0.15) is 5.26 Å². The van der Waals surface area contributed by atoms with Gasteiger partial charge in [0.2, 0.25) is 0 Å². The van der Waals surface area contributed by atoms with E-state index in [4.69, 9.17) is 4.74 Å². The van der Waals surface area contributed by atoms with Crippen LogP contribution in [-0.4, -0.2) is 19.2 Å². The fourth-order valence-electron chi connectivity index (χ4n) is 2.90. The Bertz CT molecular complexity index is 740. The van der Waals surface area contributed by atoms with Gasteiger partial charge in [-0.15, -0.1) is 0 Å². The smallest absolute Gasteiger partial charge is 0.143 e. The predicted molar refractivity (Wildman–Crippen MR) is 83.0 cm³/mol. The van der Waals surface area contributed by atoms with Crippen molar-refractivity contribution in [3.05, 3.63) is 65.2 Å². The number of nitriles is 1. The van der Waals surface area contributed by atoms with Gasteiger partial charge in [0.1, 0.15) is 29.4 Å². The Morgan fingerprint density at radius 3 is 2.57 bits per heavy atom. The largest absolute Gasteiger partial charge is 0.367 e. The van der Waals surface area contributed by atoms with E-state index in [-0.39, 0.29) is 23.6 Å². The summed E-state index contributed by atoms with van der Waals surface area (Å²) in [7, 11) is 0. The van der Waals surface area contributed by atoms with Crippen molar-refractivity contribution in [3.8, 4) is 6.07 Å². The molecule has 1 fully saturated rings. The molecule has 2 atom stereocenters. The summed E-state index contributed by atoms with van der Waals surface area (Å²) in [5.74, 6) is -0.825. The highest BCUT2D eigenvalue weighted by Gasteiger charge is 2.28. The molecule has 23 heavy (non-hydrogen) atoms. The average Bonchev–Trinajstić information content (AvgIpc) is 2.54. The van der Waals surface area contributed by atoms with E-state index < -0.39 is 5.82 Å². The lowest BCUT2D eigenvalue weighted by Crippen LogP contribution is -2.43. The van der Waals surface area contributed by atoms with Crippen LogP contribution >= 0.6 is 0 Å². The van der Waals surface area contributed by atoms with Gasteiger partial charge in [0.05, 0.1) is 11.8 Å². The van der Waals surface area contributed by atoms with Gasteiger partial charge in [-0.3, -0.25) is 0 Å². The molecule has 0 saturated carbocycles. The first-order chi connectivity index (χ1) is 11.1. The monoisotopic (exact) mass is 314 g/mol. The first-order valence-electron chi connectivity index (χ1n) is 7.43. The Morgan fingerprint density at radius 1 is 1.13 bits per heavy atom. The van der Waals surface area contributed by atoms with Gasteiger partial charge in [0.15, 0.2) is 0 Å². The quantitative estimate of drug-likeness (QED) is 0.846. The van der Waals surface area contributed by atoms with Crippen LogP contribution in [0.4, 0.5) is 14.5 Å². The van der Waals surface area contributed by atoms with Crippen molar-refractivity contribution in [2.45, 2.75) is 19.1 Å². The predicted octanol–water partition coefficient (Wildman–Crippen LogP) is 3.80. The van der Waals surface area contributed by atoms with Crippen molar-refractivity contribution in [3.63, 3.8) is 0 Å². The Labute approximate surface area is 133 Å². The molecule has 118 valence electrons. The van der Waals surface area contributed by atoms with E-state index in [2.05, 4.69) is 0 Å². The maximum absolute atomic E-state index is 13.8. The Hall–Kier alpha value is -2.45. The topological polar surface area (TPSA) is 36.3 Å². The zero-order valence-electron chi connectivity index (χ0n) is 12.7. The zero-order chi connectivity index (χ0) is 16.4. The maximum Gasteiger partial charge on any atom is 0.143 e. The number of halogens is 2. The highest BCUT2D eigenvalue weighted by Crippen LogP contribution is 2.31.